The van der Waals surface area contributed by atoms with Crippen molar-refractivity contribution in [3.8, 4) is 18.1 Å². The van der Waals surface area contributed by atoms with E-state index in [1.54, 1.807) is 0 Å². The molecule has 0 aliphatic heterocycles. The van der Waals surface area contributed by atoms with Crippen molar-refractivity contribution in [3.63, 3.8) is 0 Å². The summed E-state index contributed by atoms with van der Waals surface area (Å²) in [6, 6.07) is 4.16. The summed E-state index contributed by atoms with van der Waals surface area (Å²) in [5.41, 5.74) is 0.483. The van der Waals surface area contributed by atoms with Crippen molar-refractivity contribution in [1.82, 2.24) is 0 Å². The van der Waals surface area contributed by atoms with Crippen LogP contribution in [0.3, 0.4) is 0 Å². The maximum atomic E-state index is 10.6. The van der Waals surface area contributed by atoms with Gasteiger partial charge < -0.3 is 19.4 Å². The van der Waals surface area contributed by atoms with Gasteiger partial charge in [0.2, 0.25) is 0 Å². The van der Waals surface area contributed by atoms with Gasteiger partial charge in [-0.05, 0) is 12.1 Å². The fraction of sp³-hybridized carbons (Fsp3) is 0.182. The smallest absolute Gasteiger partial charge is 0.188 e. The Labute approximate surface area is 87.4 Å². The van der Waals surface area contributed by atoms with E-state index in [0.717, 1.165) is 0 Å². The maximum Gasteiger partial charge on any atom is 0.188 e. The van der Waals surface area contributed by atoms with E-state index in [0.29, 0.717) is 11.3 Å². The summed E-state index contributed by atoms with van der Waals surface area (Å²) in [5, 5.41) is 10.6. The number of carboxylic acids is 1. The van der Waals surface area contributed by atoms with Crippen LogP contribution < -0.4 is 9.84 Å². The van der Waals surface area contributed by atoms with Gasteiger partial charge in [0.05, 0.1) is 11.5 Å². The highest BCUT2D eigenvalue weighted by atomic mass is 16.7. The number of hydrogen-bond donors (Lipinski definition) is 0. The van der Waals surface area contributed by atoms with E-state index >= 15 is 0 Å². The van der Waals surface area contributed by atoms with E-state index in [-0.39, 0.29) is 12.4 Å². The first-order chi connectivity index (χ1) is 7.19. The van der Waals surface area contributed by atoms with Crippen molar-refractivity contribution >= 4 is 5.97 Å². The fourth-order valence-electron chi connectivity index (χ4n) is 1.01. The number of ether oxygens (including phenoxy) is 2. The molecule has 0 saturated carbocycles. The van der Waals surface area contributed by atoms with Gasteiger partial charge in [0.1, 0.15) is 5.75 Å². The highest BCUT2D eigenvalue weighted by Crippen LogP contribution is 2.19. The number of aromatic carboxylic acids is 1. The predicted molar refractivity (Wildman–Crippen MR) is 51.2 cm³/mol. The molecule has 0 atom stereocenters. The van der Waals surface area contributed by atoms with Gasteiger partial charge >= 0.3 is 0 Å². The Bertz CT molecular complexity index is 404. The molecule has 1 aromatic rings. The molecule has 0 aliphatic carbocycles. The molecule has 0 spiro atoms. The van der Waals surface area contributed by atoms with Crippen LogP contribution in [0.5, 0.6) is 5.75 Å². The lowest BCUT2D eigenvalue weighted by atomic mass is 10.1. The van der Waals surface area contributed by atoms with E-state index in [4.69, 9.17) is 15.9 Å². The average Bonchev–Trinajstić information content (AvgIpc) is 2.25. The lowest BCUT2D eigenvalue weighted by molar-refractivity contribution is -0.255. The molecular weight excluding hydrogens is 196 g/mol. The topological polar surface area (TPSA) is 58.6 Å². The SMILES string of the molecule is C#Cc1ccc(C(=O)[O-])cc1OCOC. The van der Waals surface area contributed by atoms with E-state index in [9.17, 15) is 9.90 Å². The van der Waals surface area contributed by atoms with Crippen LogP contribution in [0, 0.1) is 12.3 Å². The summed E-state index contributed by atoms with van der Waals surface area (Å²) >= 11 is 0. The normalized spacial score (nSPS) is 9.33. The Kier molecular flexibility index (Phi) is 3.72. The fourth-order valence-corrected chi connectivity index (χ4v) is 1.01. The molecule has 4 heteroatoms. The number of methoxy groups -OCH3 is 1. The molecule has 78 valence electrons. The number of carboxylic acid groups (broad SMARTS) is 1. The molecule has 1 aromatic carbocycles. The molecule has 0 unspecified atom stereocenters. The second-order valence-electron chi connectivity index (χ2n) is 2.69. The predicted octanol–water partition coefficient (Wildman–Crippen LogP) is 0.0141. The first-order valence-corrected chi connectivity index (χ1v) is 4.12. The molecule has 15 heavy (non-hydrogen) atoms. The number of benzene rings is 1. The summed E-state index contributed by atoms with van der Waals surface area (Å²) in [6.45, 7) is 0.00514. The Balaban J connectivity index is 3.03. The van der Waals surface area contributed by atoms with E-state index in [1.165, 1.54) is 25.3 Å². The van der Waals surface area contributed by atoms with Gasteiger partial charge in [-0.3, -0.25) is 0 Å². The van der Waals surface area contributed by atoms with Gasteiger partial charge in [0.25, 0.3) is 0 Å². The Morgan fingerprint density at radius 3 is 2.87 bits per heavy atom. The lowest BCUT2D eigenvalue weighted by Gasteiger charge is -2.09. The molecule has 0 bridgehead atoms. The molecule has 0 aromatic heterocycles. The Morgan fingerprint density at radius 1 is 1.60 bits per heavy atom. The summed E-state index contributed by atoms with van der Waals surface area (Å²) in [7, 11) is 1.46. The standard InChI is InChI=1S/C11H10O4/c1-3-8-4-5-9(11(12)13)6-10(8)15-7-14-2/h1,4-6H,7H2,2H3,(H,12,13)/p-1. The lowest BCUT2D eigenvalue weighted by Crippen LogP contribution is -2.22. The van der Waals surface area contributed by atoms with Gasteiger partial charge in [-0.1, -0.05) is 12.0 Å². The van der Waals surface area contributed by atoms with Crippen LogP contribution in [0.2, 0.25) is 0 Å². The number of hydrogen-bond acceptors (Lipinski definition) is 4. The molecule has 0 fully saturated rings. The van der Waals surface area contributed by atoms with Crippen LogP contribution >= 0.6 is 0 Å². The third-order valence-corrected chi connectivity index (χ3v) is 1.71. The van der Waals surface area contributed by atoms with Crippen molar-refractivity contribution in [2.45, 2.75) is 0 Å². The number of terminal acetylenes is 1. The molecule has 1 rings (SSSR count). The summed E-state index contributed by atoms with van der Waals surface area (Å²) < 4.78 is 9.80. The van der Waals surface area contributed by atoms with Crippen LogP contribution in [0.4, 0.5) is 0 Å². The zero-order valence-corrected chi connectivity index (χ0v) is 8.15. The average molecular weight is 205 g/mol. The molecular formula is C11H9O4-. The third-order valence-electron chi connectivity index (χ3n) is 1.71. The van der Waals surface area contributed by atoms with Gasteiger partial charge in [-0.2, -0.15) is 0 Å². The first kappa shape index (κ1) is 11.1. The van der Waals surface area contributed by atoms with Gasteiger partial charge in [0, 0.05) is 12.7 Å². The van der Waals surface area contributed by atoms with Gasteiger partial charge in [0.15, 0.2) is 6.79 Å². The molecule has 0 heterocycles. The number of carbonyl (C=O) groups is 1. The monoisotopic (exact) mass is 205 g/mol. The summed E-state index contributed by atoms with van der Waals surface area (Å²) in [4.78, 5) is 10.6. The molecule has 4 nitrogen and oxygen atoms in total. The van der Waals surface area contributed by atoms with Crippen LogP contribution in [-0.4, -0.2) is 19.9 Å². The number of carbonyl (C=O) groups excluding carboxylic acids is 1. The van der Waals surface area contributed by atoms with Crippen molar-refractivity contribution in [3.05, 3.63) is 29.3 Å². The van der Waals surface area contributed by atoms with Crippen LogP contribution in [-0.2, 0) is 4.74 Å². The largest absolute Gasteiger partial charge is 0.545 e. The molecule has 0 saturated heterocycles. The minimum absolute atomic E-state index is 0.00514. The zero-order chi connectivity index (χ0) is 11.3. The van der Waals surface area contributed by atoms with E-state index in [1.807, 2.05) is 0 Å². The van der Waals surface area contributed by atoms with Crippen LogP contribution in [0.15, 0.2) is 18.2 Å². The minimum Gasteiger partial charge on any atom is -0.545 e. The second-order valence-corrected chi connectivity index (χ2v) is 2.69. The van der Waals surface area contributed by atoms with Crippen molar-refractivity contribution < 1.29 is 19.4 Å². The highest BCUT2D eigenvalue weighted by molar-refractivity contribution is 5.86. The summed E-state index contributed by atoms with van der Waals surface area (Å²) in [6.07, 6.45) is 5.21. The molecule has 0 N–H and O–H groups in total. The van der Waals surface area contributed by atoms with Crippen molar-refractivity contribution in [1.29, 1.82) is 0 Å². The van der Waals surface area contributed by atoms with Crippen molar-refractivity contribution in [2.75, 3.05) is 13.9 Å². The Hall–Kier alpha value is -1.99. The first-order valence-electron chi connectivity index (χ1n) is 4.12. The van der Waals surface area contributed by atoms with Crippen LogP contribution in [0.1, 0.15) is 15.9 Å². The highest BCUT2D eigenvalue weighted by Gasteiger charge is 2.03. The summed E-state index contributed by atoms with van der Waals surface area (Å²) in [5.74, 6) is 1.39. The van der Waals surface area contributed by atoms with Crippen LogP contribution in [0.25, 0.3) is 0 Å². The number of rotatable bonds is 4. The van der Waals surface area contributed by atoms with Gasteiger partial charge in [-0.25, -0.2) is 0 Å². The van der Waals surface area contributed by atoms with E-state index in [2.05, 4.69) is 5.92 Å². The quantitative estimate of drug-likeness (QED) is 0.513. The third kappa shape index (κ3) is 2.73. The van der Waals surface area contributed by atoms with Crippen molar-refractivity contribution in [2.24, 2.45) is 0 Å². The maximum absolute atomic E-state index is 10.6. The zero-order valence-electron chi connectivity index (χ0n) is 8.15. The Morgan fingerprint density at radius 2 is 2.33 bits per heavy atom. The molecule has 0 aliphatic rings. The molecule has 0 amide bonds. The second kappa shape index (κ2) is 5.03. The van der Waals surface area contributed by atoms with Gasteiger partial charge in [-0.15, -0.1) is 6.42 Å². The van der Waals surface area contributed by atoms with E-state index < -0.39 is 5.97 Å². The minimum atomic E-state index is -1.28. The molecule has 0 radical (unpaired) electrons.